The summed E-state index contributed by atoms with van der Waals surface area (Å²) < 4.78 is 9.29. The lowest BCUT2D eigenvalue weighted by atomic mass is 10.4. The van der Waals surface area contributed by atoms with Crippen molar-refractivity contribution >= 4 is 52.8 Å². The summed E-state index contributed by atoms with van der Waals surface area (Å²) in [5.41, 5.74) is 0.678. The predicted molar refractivity (Wildman–Crippen MR) is 72.4 cm³/mol. The molecule has 0 aromatic carbocycles. The third kappa shape index (κ3) is 1.85. The third-order valence-electron chi connectivity index (χ3n) is 2.31. The van der Waals surface area contributed by atoms with Crippen molar-refractivity contribution in [2.24, 2.45) is 0 Å². The smallest absolute Gasteiger partial charge is 0.426 e. The Morgan fingerprint density at radius 2 is 2.50 bits per heavy atom. The molecule has 1 aliphatic heterocycles. The molecule has 0 unspecified atom stereocenters. The van der Waals surface area contributed by atoms with Crippen LogP contribution in [0.5, 0.6) is 0 Å². The maximum Gasteiger partial charge on any atom is 0.426 e. The van der Waals surface area contributed by atoms with E-state index >= 15 is 0 Å². The zero-order chi connectivity index (χ0) is 12.5. The molecule has 1 aliphatic rings. The van der Waals surface area contributed by atoms with Gasteiger partial charge in [-0.25, -0.2) is 4.79 Å². The molecule has 9 heteroatoms. The topological polar surface area (TPSA) is 83.1 Å². The molecule has 0 bridgehead atoms. The summed E-state index contributed by atoms with van der Waals surface area (Å²) in [4.78, 5) is 23.2. The number of amides is 1. The third-order valence-corrected chi connectivity index (χ3v) is 3.50. The van der Waals surface area contributed by atoms with Crippen LogP contribution in [0.25, 0.3) is 11.0 Å². The van der Waals surface area contributed by atoms with Gasteiger partial charge in [0.2, 0.25) is 5.95 Å². The number of aromatic nitrogens is 3. The molecule has 0 spiro atoms. The molecule has 2 aromatic heterocycles. The minimum absolute atomic E-state index is 0.306. The van der Waals surface area contributed by atoms with Gasteiger partial charge in [-0.05, 0) is 6.07 Å². The Kier molecular flexibility index (Phi) is 2.92. The summed E-state index contributed by atoms with van der Waals surface area (Å²) in [5.74, 6) is 1.29. The van der Waals surface area contributed by atoms with E-state index in [2.05, 4.69) is 19.7 Å². The van der Waals surface area contributed by atoms with E-state index in [4.69, 9.17) is 4.74 Å². The summed E-state index contributed by atoms with van der Waals surface area (Å²) in [7, 11) is 0. The fourth-order valence-corrected chi connectivity index (χ4v) is 2.56. The quantitative estimate of drug-likeness (QED) is 0.835. The minimum atomic E-state index is -0.406. The zero-order valence-electron chi connectivity index (χ0n) is 9.34. The average molecular weight is 283 g/mol. The molecule has 1 fully saturated rings. The van der Waals surface area contributed by atoms with Crippen LogP contribution < -0.4 is 9.03 Å². The van der Waals surface area contributed by atoms with Crippen LogP contribution in [0, 0.1) is 0 Å². The number of fused-ring (bicyclic) bond motifs is 1. The van der Waals surface area contributed by atoms with Crippen molar-refractivity contribution in [3.05, 3.63) is 12.3 Å². The van der Waals surface area contributed by atoms with Gasteiger partial charge in [0.25, 0.3) is 0 Å². The number of nitrogens with one attached hydrogen (secondary N) is 2. The van der Waals surface area contributed by atoms with Gasteiger partial charge in [-0.3, -0.25) is 4.72 Å². The van der Waals surface area contributed by atoms with E-state index in [1.807, 2.05) is 12.3 Å². The van der Waals surface area contributed by atoms with E-state index in [1.54, 1.807) is 6.20 Å². The highest BCUT2D eigenvalue weighted by Gasteiger charge is 2.28. The van der Waals surface area contributed by atoms with Crippen LogP contribution in [-0.2, 0) is 4.74 Å². The highest BCUT2D eigenvalue weighted by atomic mass is 32.2. The first-order valence-electron chi connectivity index (χ1n) is 5.03. The number of carbonyl (C=O) groups is 1. The second-order valence-electron chi connectivity index (χ2n) is 3.37. The van der Waals surface area contributed by atoms with Gasteiger partial charge in [-0.15, -0.1) is 0 Å². The molecular weight excluding hydrogens is 274 g/mol. The number of hydrogen-bond donors (Lipinski definition) is 2. The molecule has 7 nitrogen and oxygen atoms in total. The Balaban J connectivity index is 2.13. The van der Waals surface area contributed by atoms with E-state index < -0.39 is 6.09 Å². The molecule has 0 atom stereocenters. The number of carbonyl (C=O) groups excluding carboxylic acids is 1. The van der Waals surface area contributed by atoms with Gasteiger partial charge in [-0.2, -0.15) is 14.3 Å². The van der Waals surface area contributed by atoms with Gasteiger partial charge in [0.1, 0.15) is 5.65 Å². The number of hydrogen-bond acceptors (Lipinski definition) is 7. The molecular formula is C9H9N5O2S2. The Bertz CT molecular complexity index is 602. The molecule has 1 saturated heterocycles. The molecule has 2 aromatic rings. The average Bonchev–Trinajstić information content (AvgIpc) is 2.97. The van der Waals surface area contributed by atoms with E-state index in [9.17, 15) is 4.79 Å². The van der Waals surface area contributed by atoms with Crippen molar-refractivity contribution in [1.82, 2.24) is 15.0 Å². The second kappa shape index (κ2) is 4.58. The monoisotopic (exact) mass is 283 g/mol. The molecule has 0 radical (unpaired) electrons. The second-order valence-corrected chi connectivity index (χ2v) is 4.84. The fourth-order valence-electron chi connectivity index (χ4n) is 1.61. The molecule has 3 heterocycles. The summed E-state index contributed by atoms with van der Waals surface area (Å²) in [6.07, 6.45) is 3.23. The molecule has 18 heavy (non-hydrogen) atoms. The highest BCUT2D eigenvalue weighted by Crippen LogP contribution is 2.33. The largest absolute Gasteiger partial charge is 0.436 e. The van der Waals surface area contributed by atoms with Gasteiger partial charge in [0.05, 0.1) is 5.39 Å². The first-order chi connectivity index (χ1) is 8.79. The standard InChI is InChI=1S/C9H9N5O2S2/c1-17-13-8-11-6-5(2-3-10-6)7(12-8)14-9(15)16-4-18-14/h2-3H,4H2,1H3,(H2,10,11,12,13). The lowest BCUT2D eigenvalue weighted by Gasteiger charge is -2.12. The van der Waals surface area contributed by atoms with Crippen LogP contribution >= 0.6 is 23.9 Å². The first kappa shape index (κ1) is 11.5. The van der Waals surface area contributed by atoms with Gasteiger partial charge < -0.3 is 9.72 Å². The maximum atomic E-state index is 11.6. The molecule has 0 aliphatic carbocycles. The predicted octanol–water partition coefficient (Wildman–Crippen LogP) is 2.21. The van der Waals surface area contributed by atoms with Crippen molar-refractivity contribution in [3.63, 3.8) is 0 Å². The molecule has 1 amide bonds. The van der Waals surface area contributed by atoms with Gasteiger partial charge in [0, 0.05) is 24.4 Å². The van der Waals surface area contributed by atoms with Crippen molar-refractivity contribution in [3.8, 4) is 0 Å². The van der Waals surface area contributed by atoms with E-state index in [1.165, 1.54) is 28.2 Å². The Labute approximate surface area is 111 Å². The minimum Gasteiger partial charge on any atom is -0.436 e. The summed E-state index contributed by atoms with van der Waals surface area (Å²) in [6, 6.07) is 1.83. The van der Waals surface area contributed by atoms with E-state index in [0.717, 1.165) is 5.39 Å². The SMILES string of the molecule is CSNc1nc(N2SCOC2=O)c2cc[nH]c2n1. The summed E-state index contributed by atoms with van der Waals surface area (Å²) in [6.45, 7) is 0. The van der Waals surface area contributed by atoms with Crippen LogP contribution in [0.15, 0.2) is 12.3 Å². The Morgan fingerprint density at radius 1 is 1.61 bits per heavy atom. The first-order valence-corrected chi connectivity index (χ1v) is 7.20. The fraction of sp³-hybridized carbons (Fsp3) is 0.222. The Hall–Kier alpha value is -1.61. The van der Waals surface area contributed by atoms with Crippen molar-refractivity contribution in [1.29, 1.82) is 0 Å². The lowest BCUT2D eigenvalue weighted by molar-refractivity contribution is 0.184. The van der Waals surface area contributed by atoms with Crippen LogP contribution in [0.3, 0.4) is 0 Å². The van der Waals surface area contributed by atoms with Crippen LogP contribution in [0.2, 0.25) is 0 Å². The van der Waals surface area contributed by atoms with E-state index in [0.29, 0.717) is 23.4 Å². The number of H-pyrrole nitrogens is 1. The number of anilines is 2. The zero-order valence-corrected chi connectivity index (χ0v) is 11.0. The number of ether oxygens (including phenoxy) is 1. The Morgan fingerprint density at radius 3 is 3.22 bits per heavy atom. The molecule has 94 valence electrons. The van der Waals surface area contributed by atoms with Crippen LogP contribution in [0.4, 0.5) is 16.6 Å². The van der Waals surface area contributed by atoms with Crippen LogP contribution in [0.1, 0.15) is 0 Å². The number of aromatic amines is 1. The van der Waals surface area contributed by atoms with Crippen molar-refractivity contribution < 1.29 is 9.53 Å². The number of cyclic esters (lactones) is 1. The number of rotatable bonds is 3. The summed E-state index contributed by atoms with van der Waals surface area (Å²) >= 11 is 2.66. The van der Waals surface area contributed by atoms with Crippen molar-refractivity contribution in [2.75, 3.05) is 21.2 Å². The highest BCUT2D eigenvalue weighted by molar-refractivity contribution is 8.01. The maximum absolute atomic E-state index is 11.6. The number of nitrogens with zero attached hydrogens (tertiary/aromatic N) is 3. The van der Waals surface area contributed by atoms with Crippen molar-refractivity contribution in [2.45, 2.75) is 0 Å². The lowest BCUT2D eigenvalue weighted by Crippen LogP contribution is -2.18. The van der Waals surface area contributed by atoms with Gasteiger partial charge in [0.15, 0.2) is 11.8 Å². The van der Waals surface area contributed by atoms with Crippen LogP contribution in [-0.4, -0.2) is 33.2 Å². The summed E-state index contributed by atoms with van der Waals surface area (Å²) in [5, 5.41) is 0.785. The molecule has 3 rings (SSSR count). The van der Waals surface area contributed by atoms with Gasteiger partial charge in [-0.1, -0.05) is 11.9 Å². The normalized spacial score (nSPS) is 15.2. The van der Waals surface area contributed by atoms with E-state index in [-0.39, 0.29) is 0 Å². The molecule has 0 saturated carbocycles. The molecule has 2 N–H and O–H groups in total. The van der Waals surface area contributed by atoms with Gasteiger partial charge >= 0.3 is 6.09 Å².